The lowest BCUT2D eigenvalue weighted by Gasteiger charge is -2.19. The lowest BCUT2D eigenvalue weighted by molar-refractivity contribution is -0.122. The molecule has 14 heavy (non-hydrogen) atoms. The van der Waals surface area contributed by atoms with Crippen LogP contribution in [0.4, 0.5) is 0 Å². The van der Waals surface area contributed by atoms with Gasteiger partial charge in [-0.3, -0.25) is 4.79 Å². The van der Waals surface area contributed by atoms with Crippen molar-refractivity contribution in [2.75, 3.05) is 14.1 Å². The Hall–Kier alpha value is -0.570. The number of hydrogen-bond donors (Lipinski definition) is 1. The summed E-state index contributed by atoms with van der Waals surface area (Å²) in [6, 6.07) is 1.11. The smallest absolute Gasteiger partial charge is 0.223 e. The third kappa shape index (κ3) is 2.27. The molecule has 0 radical (unpaired) electrons. The standard InChI is InChI=1S/C11H20N2O/c1-13(2)10-6-5-9(7-10)12-11(14)8-3-4-8/h8-10H,3-7H2,1-2H3,(H,12,14). The molecule has 1 amide bonds. The fraction of sp³-hybridized carbons (Fsp3) is 0.909. The zero-order valence-electron chi connectivity index (χ0n) is 9.12. The van der Waals surface area contributed by atoms with Crippen LogP contribution in [-0.4, -0.2) is 37.0 Å². The van der Waals surface area contributed by atoms with E-state index in [1.54, 1.807) is 0 Å². The molecule has 0 spiro atoms. The van der Waals surface area contributed by atoms with Crippen LogP contribution in [0.5, 0.6) is 0 Å². The number of amides is 1. The topological polar surface area (TPSA) is 32.3 Å². The molecule has 2 unspecified atom stereocenters. The summed E-state index contributed by atoms with van der Waals surface area (Å²) in [5.41, 5.74) is 0. The molecule has 1 N–H and O–H groups in total. The maximum atomic E-state index is 11.5. The van der Waals surface area contributed by atoms with E-state index in [9.17, 15) is 4.79 Å². The van der Waals surface area contributed by atoms with Gasteiger partial charge in [0.2, 0.25) is 5.91 Å². The normalized spacial score (nSPS) is 32.2. The molecule has 0 saturated heterocycles. The van der Waals surface area contributed by atoms with E-state index >= 15 is 0 Å². The summed E-state index contributed by atoms with van der Waals surface area (Å²) in [6.07, 6.45) is 5.72. The van der Waals surface area contributed by atoms with Crippen LogP contribution in [0.25, 0.3) is 0 Å². The van der Waals surface area contributed by atoms with Crippen LogP contribution in [0.2, 0.25) is 0 Å². The molecular weight excluding hydrogens is 176 g/mol. The van der Waals surface area contributed by atoms with Crippen LogP contribution in [0, 0.1) is 5.92 Å². The molecule has 2 rings (SSSR count). The van der Waals surface area contributed by atoms with Crippen molar-refractivity contribution in [3.8, 4) is 0 Å². The van der Waals surface area contributed by atoms with E-state index in [1.165, 1.54) is 6.42 Å². The minimum atomic E-state index is 0.300. The Morgan fingerprint density at radius 1 is 1.21 bits per heavy atom. The highest BCUT2D eigenvalue weighted by molar-refractivity contribution is 5.81. The van der Waals surface area contributed by atoms with Gasteiger partial charge in [0.15, 0.2) is 0 Å². The molecule has 3 nitrogen and oxygen atoms in total. The second kappa shape index (κ2) is 3.89. The highest BCUT2D eigenvalue weighted by Gasteiger charge is 2.33. The Balaban J connectivity index is 1.75. The Morgan fingerprint density at radius 3 is 2.43 bits per heavy atom. The third-order valence-corrected chi connectivity index (χ3v) is 3.43. The Morgan fingerprint density at radius 2 is 1.93 bits per heavy atom. The molecule has 2 aliphatic carbocycles. The van der Waals surface area contributed by atoms with E-state index in [2.05, 4.69) is 24.3 Å². The number of hydrogen-bond acceptors (Lipinski definition) is 2. The summed E-state index contributed by atoms with van der Waals surface area (Å²) in [5.74, 6) is 0.655. The maximum absolute atomic E-state index is 11.5. The van der Waals surface area contributed by atoms with Crippen LogP contribution in [0.1, 0.15) is 32.1 Å². The Bertz CT molecular complexity index is 223. The Labute approximate surface area is 85.8 Å². The second-order valence-corrected chi connectivity index (χ2v) is 4.91. The molecule has 2 atom stereocenters. The SMILES string of the molecule is CN(C)C1CCC(NC(=O)C2CC2)C1. The largest absolute Gasteiger partial charge is 0.353 e. The molecule has 0 aromatic carbocycles. The zero-order chi connectivity index (χ0) is 10.1. The van der Waals surface area contributed by atoms with E-state index in [1.807, 2.05) is 0 Å². The summed E-state index contributed by atoms with van der Waals surface area (Å²) < 4.78 is 0. The first-order chi connectivity index (χ1) is 6.66. The van der Waals surface area contributed by atoms with E-state index in [4.69, 9.17) is 0 Å². The van der Waals surface area contributed by atoms with Gasteiger partial charge >= 0.3 is 0 Å². The average Bonchev–Trinajstić information content (AvgIpc) is 2.87. The summed E-state index contributed by atoms with van der Waals surface area (Å²) in [7, 11) is 4.24. The first kappa shape index (κ1) is 9.97. The van der Waals surface area contributed by atoms with Gasteiger partial charge in [0.05, 0.1) is 0 Å². The molecule has 80 valence electrons. The molecule has 3 heteroatoms. The lowest BCUT2D eigenvalue weighted by atomic mass is 10.2. The quantitative estimate of drug-likeness (QED) is 0.730. The number of carbonyl (C=O) groups is 1. The molecule has 0 aromatic rings. The predicted molar refractivity (Wildman–Crippen MR) is 56.0 cm³/mol. The zero-order valence-corrected chi connectivity index (χ0v) is 9.12. The molecule has 0 heterocycles. The minimum Gasteiger partial charge on any atom is -0.353 e. The molecular formula is C11H20N2O. The number of carbonyl (C=O) groups excluding carboxylic acids is 1. The van der Waals surface area contributed by atoms with E-state index in [-0.39, 0.29) is 0 Å². The van der Waals surface area contributed by atoms with Gasteiger partial charge in [-0.2, -0.15) is 0 Å². The van der Waals surface area contributed by atoms with Gasteiger partial charge in [-0.25, -0.2) is 0 Å². The minimum absolute atomic E-state index is 0.300. The molecule has 2 saturated carbocycles. The average molecular weight is 196 g/mol. The van der Waals surface area contributed by atoms with Gasteiger partial charge in [-0.05, 0) is 46.2 Å². The van der Waals surface area contributed by atoms with Crippen molar-refractivity contribution in [1.82, 2.24) is 10.2 Å². The number of rotatable bonds is 3. The van der Waals surface area contributed by atoms with Crippen molar-refractivity contribution < 1.29 is 4.79 Å². The fourth-order valence-electron chi connectivity index (χ4n) is 2.22. The van der Waals surface area contributed by atoms with Crippen molar-refractivity contribution in [1.29, 1.82) is 0 Å². The van der Waals surface area contributed by atoms with Crippen LogP contribution in [-0.2, 0) is 4.79 Å². The molecule has 0 bridgehead atoms. The number of nitrogens with one attached hydrogen (secondary N) is 1. The highest BCUT2D eigenvalue weighted by atomic mass is 16.2. The van der Waals surface area contributed by atoms with E-state index in [0.29, 0.717) is 23.9 Å². The van der Waals surface area contributed by atoms with Gasteiger partial charge in [-0.15, -0.1) is 0 Å². The van der Waals surface area contributed by atoms with Crippen LogP contribution in [0.3, 0.4) is 0 Å². The van der Waals surface area contributed by atoms with Crippen molar-refractivity contribution in [2.45, 2.75) is 44.2 Å². The van der Waals surface area contributed by atoms with Gasteiger partial charge in [0.1, 0.15) is 0 Å². The van der Waals surface area contributed by atoms with E-state index in [0.717, 1.165) is 25.7 Å². The fourth-order valence-corrected chi connectivity index (χ4v) is 2.22. The highest BCUT2D eigenvalue weighted by Crippen LogP contribution is 2.30. The molecule has 2 aliphatic rings. The molecule has 2 fully saturated rings. The first-order valence-electron chi connectivity index (χ1n) is 5.63. The predicted octanol–water partition coefficient (Wildman–Crippen LogP) is 0.995. The summed E-state index contributed by atoms with van der Waals surface area (Å²) in [4.78, 5) is 13.8. The first-order valence-corrected chi connectivity index (χ1v) is 5.63. The monoisotopic (exact) mass is 196 g/mol. The van der Waals surface area contributed by atoms with Crippen molar-refractivity contribution in [2.24, 2.45) is 5.92 Å². The third-order valence-electron chi connectivity index (χ3n) is 3.43. The molecule has 0 aromatic heterocycles. The molecule has 0 aliphatic heterocycles. The van der Waals surface area contributed by atoms with Crippen molar-refractivity contribution >= 4 is 5.91 Å². The van der Waals surface area contributed by atoms with Crippen molar-refractivity contribution in [3.05, 3.63) is 0 Å². The van der Waals surface area contributed by atoms with Crippen LogP contribution < -0.4 is 5.32 Å². The maximum Gasteiger partial charge on any atom is 0.223 e. The Kier molecular flexibility index (Phi) is 2.77. The summed E-state index contributed by atoms with van der Waals surface area (Å²) in [5, 5.41) is 3.16. The summed E-state index contributed by atoms with van der Waals surface area (Å²) in [6.45, 7) is 0. The van der Waals surface area contributed by atoms with Crippen molar-refractivity contribution in [3.63, 3.8) is 0 Å². The number of nitrogens with zero attached hydrogens (tertiary/aromatic N) is 1. The van der Waals surface area contributed by atoms with Gasteiger partial charge < -0.3 is 10.2 Å². The second-order valence-electron chi connectivity index (χ2n) is 4.91. The van der Waals surface area contributed by atoms with Gasteiger partial charge in [0, 0.05) is 18.0 Å². The van der Waals surface area contributed by atoms with E-state index < -0.39 is 0 Å². The summed E-state index contributed by atoms with van der Waals surface area (Å²) >= 11 is 0. The van der Waals surface area contributed by atoms with Crippen LogP contribution >= 0.6 is 0 Å². The van der Waals surface area contributed by atoms with Crippen LogP contribution in [0.15, 0.2) is 0 Å². The lowest BCUT2D eigenvalue weighted by Crippen LogP contribution is -2.35. The van der Waals surface area contributed by atoms with Gasteiger partial charge in [0.25, 0.3) is 0 Å². The van der Waals surface area contributed by atoms with Gasteiger partial charge in [-0.1, -0.05) is 0 Å².